The molecule has 0 aliphatic carbocycles. The molecule has 1 amide bonds. The van der Waals surface area contributed by atoms with Crippen molar-refractivity contribution in [1.29, 1.82) is 0 Å². The van der Waals surface area contributed by atoms with Crippen LogP contribution in [0.1, 0.15) is 23.2 Å². The van der Waals surface area contributed by atoms with Crippen molar-refractivity contribution in [3.8, 4) is 0 Å². The minimum absolute atomic E-state index is 0.362. The standard InChI is InChI=1S/C15H17NO4S/c1-20-15(19)11-8-5-9-16(11)14(18)13(21)12(17)10-6-3-2-4-7-10/h2-4,6-7,11,13,21H,5,8-9H2,1H3/t11-,13?/m0/s1. The van der Waals surface area contributed by atoms with E-state index < -0.39 is 23.2 Å². The molecule has 1 fully saturated rings. The lowest BCUT2D eigenvalue weighted by atomic mass is 10.1. The van der Waals surface area contributed by atoms with Crippen molar-refractivity contribution in [2.24, 2.45) is 0 Å². The van der Waals surface area contributed by atoms with Crippen LogP contribution < -0.4 is 0 Å². The number of carbonyl (C=O) groups is 3. The number of thiol groups is 1. The summed E-state index contributed by atoms with van der Waals surface area (Å²) in [5.74, 6) is -1.26. The van der Waals surface area contributed by atoms with Crippen LogP contribution in [-0.4, -0.2) is 47.5 Å². The molecule has 1 aromatic carbocycles. The van der Waals surface area contributed by atoms with Gasteiger partial charge in [0.2, 0.25) is 5.91 Å². The largest absolute Gasteiger partial charge is 0.467 e. The molecule has 1 aromatic rings. The number of hydrogen-bond donors (Lipinski definition) is 1. The van der Waals surface area contributed by atoms with Crippen LogP contribution in [0.15, 0.2) is 30.3 Å². The molecular weight excluding hydrogens is 290 g/mol. The van der Waals surface area contributed by atoms with Gasteiger partial charge in [-0.05, 0) is 12.8 Å². The summed E-state index contributed by atoms with van der Waals surface area (Å²) in [6.45, 7) is 0.442. The van der Waals surface area contributed by atoms with E-state index in [1.54, 1.807) is 30.3 Å². The van der Waals surface area contributed by atoms with Gasteiger partial charge in [0.05, 0.1) is 7.11 Å². The second-order valence-electron chi connectivity index (χ2n) is 4.85. The normalized spacial score (nSPS) is 19.1. The predicted octanol–water partition coefficient (Wildman–Crippen LogP) is 1.33. The predicted molar refractivity (Wildman–Crippen MR) is 80.3 cm³/mol. The van der Waals surface area contributed by atoms with Crippen LogP contribution in [0.2, 0.25) is 0 Å². The lowest BCUT2D eigenvalue weighted by molar-refractivity contribution is -0.150. The van der Waals surface area contributed by atoms with Gasteiger partial charge >= 0.3 is 5.97 Å². The van der Waals surface area contributed by atoms with E-state index in [-0.39, 0.29) is 5.78 Å². The number of rotatable bonds is 4. The molecular formula is C15H17NO4S. The summed E-state index contributed by atoms with van der Waals surface area (Å²) >= 11 is 4.15. The lowest BCUT2D eigenvalue weighted by Gasteiger charge is -2.24. The Bertz CT molecular complexity index is 546. The van der Waals surface area contributed by atoms with Gasteiger partial charge in [0.25, 0.3) is 0 Å². The molecule has 2 atom stereocenters. The summed E-state index contributed by atoms with van der Waals surface area (Å²) in [6.07, 6.45) is 1.27. The lowest BCUT2D eigenvalue weighted by Crippen LogP contribution is -2.46. The molecule has 0 N–H and O–H groups in total. The third-order valence-electron chi connectivity index (χ3n) is 3.55. The van der Waals surface area contributed by atoms with Crippen molar-refractivity contribution in [3.63, 3.8) is 0 Å². The molecule has 112 valence electrons. The van der Waals surface area contributed by atoms with Crippen LogP contribution in [-0.2, 0) is 14.3 Å². The summed E-state index contributed by atoms with van der Waals surface area (Å²) in [4.78, 5) is 37.7. The Balaban J connectivity index is 2.12. The summed E-state index contributed by atoms with van der Waals surface area (Å²) < 4.78 is 4.70. The van der Waals surface area contributed by atoms with Crippen LogP contribution >= 0.6 is 12.6 Å². The Hall–Kier alpha value is -1.82. The van der Waals surface area contributed by atoms with Gasteiger partial charge in [-0.2, -0.15) is 12.6 Å². The zero-order valence-electron chi connectivity index (χ0n) is 11.7. The molecule has 2 rings (SSSR count). The van der Waals surface area contributed by atoms with Crippen LogP contribution in [0.3, 0.4) is 0 Å². The fraction of sp³-hybridized carbons (Fsp3) is 0.400. The van der Waals surface area contributed by atoms with Crippen molar-refractivity contribution in [2.75, 3.05) is 13.7 Å². The first-order valence-electron chi connectivity index (χ1n) is 6.72. The zero-order chi connectivity index (χ0) is 15.4. The molecule has 1 aliphatic heterocycles. The van der Waals surface area contributed by atoms with Gasteiger partial charge in [-0.15, -0.1) is 0 Å². The first-order valence-corrected chi connectivity index (χ1v) is 7.23. The average Bonchev–Trinajstić information content (AvgIpc) is 3.02. The number of likely N-dealkylation sites (tertiary alicyclic amines) is 1. The Morgan fingerprint density at radius 1 is 1.29 bits per heavy atom. The smallest absolute Gasteiger partial charge is 0.328 e. The first kappa shape index (κ1) is 15.6. The van der Waals surface area contributed by atoms with Crippen molar-refractivity contribution < 1.29 is 19.1 Å². The number of nitrogens with zero attached hydrogens (tertiary/aromatic N) is 1. The highest BCUT2D eigenvalue weighted by molar-refractivity contribution is 7.82. The van der Waals surface area contributed by atoms with Crippen LogP contribution in [0.4, 0.5) is 0 Å². The highest BCUT2D eigenvalue weighted by Crippen LogP contribution is 2.22. The summed E-state index contributed by atoms with van der Waals surface area (Å²) in [6, 6.07) is 7.92. The first-order chi connectivity index (χ1) is 10.1. The van der Waals surface area contributed by atoms with Gasteiger partial charge in [0, 0.05) is 12.1 Å². The molecule has 5 nitrogen and oxygen atoms in total. The van der Waals surface area contributed by atoms with Gasteiger partial charge in [0.1, 0.15) is 11.3 Å². The van der Waals surface area contributed by atoms with E-state index in [0.717, 1.165) is 0 Å². The molecule has 0 bridgehead atoms. The number of Topliss-reactive ketones (excluding diaryl/α,β-unsaturated/α-hetero) is 1. The molecule has 21 heavy (non-hydrogen) atoms. The van der Waals surface area contributed by atoms with Gasteiger partial charge in [-0.25, -0.2) is 4.79 Å². The molecule has 1 heterocycles. The highest BCUT2D eigenvalue weighted by Gasteiger charge is 2.38. The third kappa shape index (κ3) is 3.26. The summed E-state index contributed by atoms with van der Waals surface area (Å²) in [5.41, 5.74) is 0.430. The van der Waals surface area contributed by atoms with E-state index in [0.29, 0.717) is 24.9 Å². The average molecular weight is 307 g/mol. The molecule has 0 saturated carbocycles. The van der Waals surface area contributed by atoms with Crippen molar-refractivity contribution >= 4 is 30.3 Å². The number of carbonyl (C=O) groups excluding carboxylic acids is 3. The third-order valence-corrected chi connectivity index (χ3v) is 4.01. The molecule has 1 saturated heterocycles. The Morgan fingerprint density at radius 2 is 1.95 bits per heavy atom. The van der Waals surface area contributed by atoms with E-state index in [1.807, 2.05) is 0 Å². The monoisotopic (exact) mass is 307 g/mol. The number of ether oxygens (including phenoxy) is 1. The zero-order valence-corrected chi connectivity index (χ0v) is 12.6. The molecule has 0 radical (unpaired) electrons. The maximum atomic E-state index is 12.4. The van der Waals surface area contributed by atoms with E-state index >= 15 is 0 Å². The van der Waals surface area contributed by atoms with Crippen molar-refractivity contribution in [3.05, 3.63) is 35.9 Å². The molecule has 1 unspecified atom stereocenters. The minimum atomic E-state index is -1.10. The molecule has 0 aromatic heterocycles. The van der Waals surface area contributed by atoms with Gasteiger partial charge in [-0.3, -0.25) is 9.59 Å². The second-order valence-corrected chi connectivity index (χ2v) is 5.36. The van der Waals surface area contributed by atoms with Crippen molar-refractivity contribution in [2.45, 2.75) is 24.1 Å². The number of amides is 1. The van der Waals surface area contributed by atoms with E-state index in [9.17, 15) is 14.4 Å². The minimum Gasteiger partial charge on any atom is -0.467 e. The SMILES string of the molecule is COC(=O)[C@@H]1CCCN1C(=O)C(S)C(=O)c1ccccc1. The number of ketones is 1. The fourth-order valence-electron chi connectivity index (χ4n) is 2.44. The molecule has 1 aliphatic rings. The number of esters is 1. The number of benzene rings is 1. The van der Waals surface area contributed by atoms with E-state index in [2.05, 4.69) is 12.6 Å². The second kappa shape index (κ2) is 6.76. The number of methoxy groups -OCH3 is 1. The van der Waals surface area contributed by atoms with Gasteiger partial charge in [-0.1, -0.05) is 30.3 Å². The van der Waals surface area contributed by atoms with E-state index in [1.165, 1.54) is 12.0 Å². The van der Waals surface area contributed by atoms with Crippen LogP contribution in [0.25, 0.3) is 0 Å². The maximum absolute atomic E-state index is 12.4. The summed E-state index contributed by atoms with van der Waals surface area (Å²) in [7, 11) is 1.29. The van der Waals surface area contributed by atoms with Crippen LogP contribution in [0, 0.1) is 0 Å². The fourth-order valence-corrected chi connectivity index (χ4v) is 2.74. The van der Waals surface area contributed by atoms with Gasteiger partial charge < -0.3 is 9.64 Å². The highest BCUT2D eigenvalue weighted by atomic mass is 32.1. The number of hydrogen-bond acceptors (Lipinski definition) is 5. The summed E-state index contributed by atoms with van der Waals surface area (Å²) in [5, 5.41) is -1.10. The van der Waals surface area contributed by atoms with E-state index in [4.69, 9.17) is 4.74 Å². The van der Waals surface area contributed by atoms with Gasteiger partial charge in [0.15, 0.2) is 5.78 Å². The Morgan fingerprint density at radius 3 is 2.57 bits per heavy atom. The maximum Gasteiger partial charge on any atom is 0.328 e. The Labute approximate surface area is 128 Å². The molecule has 0 spiro atoms. The quantitative estimate of drug-likeness (QED) is 0.394. The topological polar surface area (TPSA) is 63.7 Å². The van der Waals surface area contributed by atoms with Crippen molar-refractivity contribution in [1.82, 2.24) is 4.90 Å². The molecule has 6 heteroatoms. The Kier molecular flexibility index (Phi) is 5.01. The van der Waals surface area contributed by atoms with Crippen LogP contribution in [0.5, 0.6) is 0 Å².